The molecule has 0 aromatic heterocycles. The van der Waals surface area contributed by atoms with Crippen molar-refractivity contribution in [1.29, 1.82) is 0 Å². The van der Waals surface area contributed by atoms with E-state index in [1.54, 1.807) is 24.6 Å². The molecule has 1 aliphatic heterocycles. The first-order valence-corrected chi connectivity index (χ1v) is 5.98. The monoisotopic (exact) mass is 367 g/mol. The maximum atomic E-state index is 11.7. The standard InChI is InChI=1S/C14H13NO2.3CO.Fe/c16-14(15-10-6-1-2-7-11-15)17-12-13-8-4-3-5-9-13;3*1-2;/h1-11H,12H2;;;;. The van der Waals surface area contributed by atoms with Gasteiger partial charge in [-0.1, -0.05) is 42.5 Å². The summed E-state index contributed by atoms with van der Waals surface area (Å²) in [6.07, 6.45) is 10.2. The van der Waals surface area contributed by atoms with E-state index in [4.69, 9.17) is 18.7 Å². The minimum Gasteiger partial charge on any atom is 0 e. The van der Waals surface area contributed by atoms with Crippen molar-refractivity contribution >= 4 is 6.09 Å². The van der Waals surface area contributed by atoms with Crippen LogP contribution in [0.25, 0.3) is 0 Å². The number of rotatable bonds is 2. The summed E-state index contributed by atoms with van der Waals surface area (Å²) >= 11 is 0. The molecule has 0 bridgehead atoms. The van der Waals surface area contributed by atoms with Gasteiger partial charge in [0.15, 0.2) is 0 Å². The van der Waals surface area contributed by atoms with Crippen LogP contribution in [0.1, 0.15) is 5.56 Å². The number of ether oxygens (including phenoxy) is 1. The number of carbonyl (C=O) groups excluding carboxylic acids is 1. The van der Waals surface area contributed by atoms with E-state index in [0.29, 0.717) is 0 Å². The summed E-state index contributed by atoms with van der Waals surface area (Å²) in [5.41, 5.74) is 0.974. The molecule has 0 radical (unpaired) electrons. The van der Waals surface area contributed by atoms with Gasteiger partial charge in [0.1, 0.15) is 6.61 Å². The Morgan fingerprint density at radius 1 is 0.875 bits per heavy atom. The Balaban J connectivity index is -0.000000569. The van der Waals surface area contributed by atoms with E-state index in [2.05, 4.69) is 20.0 Å². The van der Waals surface area contributed by atoms with Crippen LogP contribution in [0.5, 0.6) is 0 Å². The van der Waals surface area contributed by atoms with Crippen LogP contribution in [0.15, 0.2) is 67.0 Å². The third-order valence-electron chi connectivity index (χ3n) is 2.24. The molecule has 0 aliphatic carbocycles. The number of allylic oxidation sites excluding steroid dienone is 4. The summed E-state index contributed by atoms with van der Waals surface area (Å²) in [6, 6.07) is 9.60. The minimum atomic E-state index is -0.384. The molecule has 0 atom stereocenters. The molecule has 0 saturated carbocycles. The fourth-order valence-corrected chi connectivity index (χ4v) is 1.38. The van der Waals surface area contributed by atoms with E-state index < -0.39 is 0 Å². The van der Waals surface area contributed by atoms with Crippen molar-refractivity contribution in [2.45, 2.75) is 6.61 Å². The third-order valence-corrected chi connectivity index (χ3v) is 2.24. The van der Waals surface area contributed by atoms with Crippen molar-refractivity contribution in [3.8, 4) is 0 Å². The molecule has 0 unspecified atom stereocenters. The number of amides is 1. The smallest absolute Gasteiger partial charge is 0 e. The summed E-state index contributed by atoms with van der Waals surface area (Å²) < 4.78 is 27.7. The van der Waals surface area contributed by atoms with E-state index in [0.717, 1.165) is 5.56 Å². The Morgan fingerprint density at radius 3 is 1.79 bits per heavy atom. The van der Waals surface area contributed by atoms with Crippen LogP contribution in [0.4, 0.5) is 4.79 Å². The van der Waals surface area contributed by atoms with Crippen LogP contribution in [0.3, 0.4) is 0 Å². The SMILES string of the molecule is O=C(OCc1ccccc1)N1C=CC=CC=C1.[C-]#[O+].[C-]#[O+].[C-]#[O+].[Fe]. The molecule has 1 heterocycles. The van der Waals surface area contributed by atoms with Crippen LogP contribution in [0, 0.1) is 20.0 Å². The van der Waals surface area contributed by atoms with E-state index in [-0.39, 0.29) is 29.8 Å². The molecule has 124 valence electrons. The first-order valence-electron chi connectivity index (χ1n) is 5.98. The van der Waals surface area contributed by atoms with Gasteiger partial charge in [0.2, 0.25) is 0 Å². The minimum absolute atomic E-state index is 0. The molecular weight excluding hydrogens is 354 g/mol. The van der Waals surface area contributed by atoms with Gasteiger partial charge < -0.3 is 4.74 Å². The van der Waals surface area contributed by atoms with Gasteiger partial charge in [0.25, 0.3) is 0 Å². The Morgan fingerprint density at radius 2 is 1.33 bits per heavy atom. The van der Waals surface area contributed by atoms with Gasteiger partial charge in [-0.2, -0.15) is 0 Å². The summed E-state index contributed by atoms with van der Waals surface area (Å²) in [5.74, 6) is 0. The van der Waals surface area contributed by atoms with E-state index in [1.165, 1.54) is 4.90 Å². The summed E-state index contributed by atoms with van der Waals surface area (Å²) in [6.45, 7) is 13.8. The Labute approximate surface area is 151 Å². The average Bonchev–Trinajstić information content (AvgIpc) is 2.95. The molecule has 7 heteroatoms. The largest absolute Gasteiger partial charge is 0 e. The van der Waals surface area contributed by atoms with E-state index >= 15 is 0 Å². The zero-order valence-electron chi connectivity index (χ0n) is 12.4. The Bertz CT molecular complexity index is 558. The van der Waals surface area contributed by atoms with Gasteiger partial charge in [0.05, 0.1) is 0 Å². The van der Waals surface area contributed by atoms with Gasteiger partial charge in [-0.25, -0.2) is 4.79 Å². The van der Waals surface area contributed by atoms with E-state index in [1.807, 2.05) is 42.5 Å². The second-order valence-corrected chi connectivity index (χ2v) is 3.52. The normalized spacial score (nSPS) is 9.83. The molecule has 2 rings (SSSR count). The van der Waals surface area contributed by atoms with Crippen LogP contribution in [0.2, 0.25) is 0 Å². The summed E-state index contributed by atoms with van der Waals surface area (Å²) in [5, 5.41) is 0. The molecular formula is C17H13FeNO5. The van der Waals surface area contributed by atoms with Crippen LogP contribution in [-0.2, 0) is 42.4 Å². The van der Waals surface area contributed by atoms with Crippen molar-refractivity contribution in [1.82, 2.24) is 4.90 Å². The van der Waals surface area contributed by atoms with Crippen molar-refractivity contribution in [2.24, 2.45) is 0 Å². The zero-order chi connectivity index (χ0) is 17.9. The molecule has 6 nitrogen and oxygen atoms in total. The van der Waals surface area contributed by atoms with Crippen LogP contribution < -0.4 is 0 Å². The molecule has 1 aromatic carbocycles. The summed E-state index contributed by atoms with van der Waals surface area (Å²) in [7, 11) is 0. The Kier molecular flexibility index (Phi) is 22.5. The van der Waals surface area contributed by atoms with Crippen LogP contribution in [-0.4, -0.2) is 11.0 Å². The second-order valence-electron chi connectivity index (χ2n) is 3.52. The third kappa shape index (κ3) is 12.0. The number of hydrogen-bond donors (Lipinski definition) is 0. The number of nitrogens with zero attached hydrogens (tertiary/aromatic N) is 1. The van der Waals surface area contributed by atoms with Gasteiger partial charge >= 0.3 is 40.0 Å². The molecule has 0 fully saturated rings. The molecule has 0 saturated heterocycles. The number of carbonyl (C=O) groups is 1. The van der Waals surface area contributed by atoms with Crippen molar-refractivity contribution in [3.63, 3.8) is 0 Å². The molecule has 1 amide bonds. The van der Waals surface area contributed by atoms with Crippen molar-refractivity contribution in [2.75, 3.05) is 0 Å². The van der Waals surface area contributed by atoms with Gasteiger partial charge in [-0.3, -0.25) is 4.90 Å². The average molecular weight is 367 g/mol. The van der Waals surface area contributed by atoms with Crippen molar-refractivity contribution in [3.05, 3.63) is 92.6 Å². The maximum absolute atomic E-state index is 11.7. The molecule has 1 aromatic rings. The fourth-order valence-electron chi connectivity index (χ4n) is 1.38. The van der Waals surface area contributed by atoms with Crippen molar-refractivity contribution < 1.29 is 40.6 Å². The van der Waals surface area contributed by atoms with E-state index in [9.17, 15) is 4.79 Å². The molecule has 0 N–H and O–H groups in total. The summed E-state index contributed by atoms with van der Waals surface area (Å²) in [4.78, 5) is 13.1. The maximum Gasteiger partial charge on any atom is 0 e. The van der Waals surface area contributed by atoms with Gasteiger partial charge in [-0.15, -0.1) is 0 Å². The zero-order valence-corrected chi connectivity index (χ0v) is 13.5. The number of benzene rings is 1. The van der Waals surface area contributed by atoms with Crippen LogP contribution >= 0.6 is 0 Å². The number of hydrogen-bond acceptors (Lipinski definition) is 2. The quantitative estimate of drug-likeness (QED) is 0.457. The van der Waals surface area contributed by atoms with Gasteiger partial charge in [-0.05, 0) is 17.7 Å². The topological polar surface area (TPSA) is 89.2 Å². The fraction of sp³-hybridized carbons (Fsp3) is 0.0588. The molecule has 24 heavy (non-hydrogen) atoms. The first-order chi connectivity index (χ1) is 11.4. The molecule has 0 spiro atoms. The second kappa shape index (κ2) is 20.4. The first kappa shape index (κ1) is 26.4. The molecule has 1 aliphatic rings. The predicted octanol–water partition coefficient (Wildman–Crippen LogP) is 3.11. The predicted molar refractivity (Wildman–Crippen MR) is 77.7 cm³/mol. The van der Waals surface area contributed by atoms with Gasteiger partial charge in [0, 0.05) is 29.5 Å². The Hall–Kier alpha value is -2.55.